The van der Waals surface area contributed by atoms with Crippen molar-refractivity contribution in [1.82, 2.24) is 16.0 Å². The summed E-state index contributed by atoms with van der Waals surface area (Å²) in [6.45, 7) is 3.54. The van der Waals surface area contributed by atoms with Crippen LogP contribution in [0.2, 0.25) is 0 Å². The van der Waals surface area contributed by atoms with E-state index in [1.807, 2.05) is 37.3 Å². The van der Waals surface area contributed by atoms with Gasteiger partial charge in [0.05, 0.1) is 6.04 Å². The lowest BCUT2D eigenvalue weighted by atomic mass is 9.97. The Balaban J connectivity index is 2.88. The lowest BCUT2D eigenvalue weighted by molar-refractivity contribution is -0.139. The summed E-state index contributed by atoms with van der Waals surface area (Å²) in [5.74, 6) is -3.02. The number of nitrogens with two attached hydrogens (primary N) is 2. The first kappa shape index (κ1) is 28.1. The van der Waals surface area contributed by atoms with E-state index in [-0.39, 0.29) is 5.92 Å². The molecule has 0 aliphatic heterocycles. The van der Waals surface area contributed by atoms with Gasteiger partial charge in [-0.25, -0.2) is 0 Å². The van der Waals surface area contributed by atoms with E-state index in [4.69, 9.17) is 16.6 Å². The summed E-state index contributed by atoms with van der Waals surface area (Å²) < 4.78 is 0. The van der Waals surface area contributed by atoms with Crippen LogP contribution in [0.4, 0.5) is 0 Å². The predicted molar refractivity (Wildman–Crippen MR) is 125 cm³/mol. The number of hydrogen-bond donors (Lipinski definition) is 6. The van der Waals surface area contributed by atoms with Crippen LogP contribution in [-0.4, -0.2) is 60.0 Å². The van der Waals surface area contributed by atoms with E-state index in [1.54, 1.807) is 6.92 Å². The number of carbonyl (C=O) groups excluding carboxylic acids is 3. The molecule has 4 atom stereocenters. The summed E-state index contributed by atoms with van der Waals surface area (Å²) in [5.41, 5.74) is 12.5. The van der Waals surface area contributed by atoms with Crippen molar-refractivity contribution in [3.05, 3.63) is 35.9 Å². The fraction of sp³-hybridized carbons (Fsp3) is 0.565. The molecule has 0 bridgehead atoms. The monoisotopic (exact) mass is 463 g/mol. The highest BCUT2D eigenvalue weighted by Crippen LogP contribution is 2.10. The van der Waals surface area contributed by atoms with Gasteiger partial charge in [-0.3, -0.25) is 19.2 Å². The second kappa shape index (κ2) is 15.0. The second-order valence-corrected chi connectivity index (χ2v) is 8.13. The molecule has 0 heterocycles. The zero-order chi connectivity index (χ0) is 24.8. The molecule has 33 heavy (non-hydrogen) atoms. The van der Waals surface area contributed by atoms with Gasteiger partial charge in [0.1, 0.15) is 18.6 Å². The SMILES string of the molecule is CCC(C)C(NC(=O)C(CCCCN)NC(=O)C(N)Cc1ccccc1)C(=O)NCC(=O)O. The molecule has 10 nitrogen and oxygen atoms in total. The van der Waals surface area contributed by atoms with Gasteiger partial charge in [0.25, 0.3) is 0 Å². The van der Waals surface area contributed by atoms with Gasteiger partial charge in [-0.05, 0) is 43.7 Å². The van der Waals surface area contributed by atoms with E-state index in [0.717, 1.165) is 5.56 Å². The van der Waals surface area contributed by atoms with Crippen LogP contribution in [-0.2, 0) is 25.6 Å². The Morgan fingerprint density at radius 3 is 2.24 bits per heavy atom. The smallest absolute Gasteiger partial charge is 0.322 e. The van der Waals surface area contributed by atoms with Gasteiger partial charge in [0.2, 0.25) is 17.7 Å². The quantitative estimate of drug-likeness (QED) is 0.197. The molecule has 1 aromatic carbocycles. The molecule has 10 heteroatoms. The van der Waals surface area contributed by atoms with E-state index in [9.17, 15) is 19.2 Å². The average molecular weight is 464 g/mol. The van der Waals surface area contributed by atoms with Crippen LogP contribution in [0.25, 0.3) is 0 Å². The van der Waals surface area contributed by atoms with Crippen molar-refractivity contribution in [1.29, 1.82) is 0 Å². The van der Waals surface area contributed by atoms with E-state index in [0.29, 0.717) is 38.6 Å². The molecule has 0 aromatic heterocycles. The standard InChI is InChI=1S/C23H37N5O5/c1-3-15(2)20(23(33)26-14-19(29)30)28-22(32)18(11-7-8-12-24)27-21(31)17(25)13-16-9-5-4-6-10-16/h4-6,9-10,15,17-18,20H,3,7-8,11-14,24-25H2,1-2H3,(H,26,33)(H,27,31)(H,28,32)(H,29,30). The highest BCUT2D eigenvalue weighted by atomic mass is 16.4. The summed E-state index contributed by atoms with van der Waals surface area (Å²) >= 11 is 0. The minimum absolute atomic E-state index is 0.247. The van der Waals surface area contributed by atoms with Crippen molar-refractivity contribution in [3.63, 3.8) is 0 Å². The van der Waals surface area contributed by atoms with Gasteiger partial charge < -0.3 is 32.5 Å². The number of carbonyl (C=O) groups is 4. The fourth-order valence-corrected chi connectivity index (χ4v) is 3.23. The van der Waals surface area contributed by atoms with Crippen molar-refractivity contribution in [2.24, 2.45) is 17.4 Å². The molecule has 0 aliphatic carbocycles. The molecule has 0 fully saturated rings. The lowest BCUT2D eigenvalue weighted by Gasteiger charge is -2.27. The van der Waals surface area contributed by atoms with Crippen molar-refractivity contribution in [3.8, 4) is 0 Å². The number of unbranched alkanes of at least 4 members (excludes halogenated alkanes) is 1. The first-order valence-corrected chi connectivity index (χ1v) is 11.3. The highest BCUT2D eigenvalue weighted by Gasteiger charge is 2.30. The minimum atomic E-state index is -1.18. The Morgan fingerprint density at radius 1 is 1.00 bits per heavy atom. The van der Waals surface area contributed by atoms with E-state index >= 15 is 0 Å². The zero-order valence-corrected chi connectivity index (χ0v) is 19.4. The maximum Gasteiger partial charge on any atom is 0.322 e. The molecule has 0 aliphatic rings. The molecule has 1 aromatic rings. The summed E-state index contributed by atoms with van der Waals surface area (Å²) in [5, 5.41) is 16.5. The molecule has 0 spiro atoms. The number of aliphatic carboxylic acids is 1. The molecular formula is C23H37N5O5. The Morgan fingerprint density at radius 2 is 1.67 bits per heavy atom. The molecule has 184 valence electrons. The van der Waals surface area contributed by atoms with Gasteiger partial charge in [0.15, 0.2) is 0 Å². The van der Waals surface area contributed by atoms with Crippen LogP contribution in [0.15, 0.2) is 30.3 Å². The number of nitrogens with one attached hydrogen (secondary N) is 3. The number of carboxylic acid groups (broad SMARTS) is 1. The largest absolute Gasteiger partial charge is 0.480 e. The van der Waals surface area contributed by atoms with Crippen molar-refractivity contribution in [2.45, 2.75) is 64.1 Å². The lowest BCUT2D eigenvalue weighted by Crippen LogP contribution is -2.57. The highest BCUT2D eigenvalue weighted by molar-refractivity contribution is 5.93. The second-order valence-electron chi connectivity index (χ2n) is 8.13. The zero-order valence-electron chi connectivity index (χ0n) is 19.4. The Bertz CT molecular complexity index is 774. The Labute approximate surface area is 194 Å². The van der Waals surface area contributed by atoms with Crippen LogP contribution in [0, 0.1) is 5.92 Å². The molecule has 8 N–H and O–H groups in total. The van der Waals surface area contributed by atoms with Crippen LogP contribution in [0.5, 0.6) is 0 Å². The average Bonchev–Trinajstić information content (AvgIpc) is 2.80. The van der Waals surface area contributed by atoms with Gasteiger partial charge in [0, 0.05) is 0 Å². The summed E-state index contributed by atoms with van der Waals surface area (Å²) in [4.78, 5) is 49.0. The summed E-state index contributed by atoms with van der Waals surface area (Å²) in [6.07, 6.45) is 2.50. The van der Waals surface area contributed by atoms with Gasteiger partial charge in [-0.15, -0.1) is 0 Å². The maximum atomic E-state index is 13.0. The van der Waals surface area contributed by atoms with Gasteiger partial charge >= 0.3 is 5.97 Å². The molecule has 4 unspecified atom stereocenters. The third kappa shape index (κ3) is 10.5. The molecular weight excluding hydrogens is 426 g/mol. The van der Waals surface area contributed by atoms with Crippen LogP contribution < -0.4 is 27.4 Å². The Kier molecular flexibility index (Phi) is 12.7. The molecule has 1 rings (SSSR count). The molecule has 0 saturated heterocycles. The third-order valence-corrected chi connectivity index (χ3v) is 5.42. The number of benzene rings is 1. The molecule has 0 radical (unpaired) electrons. The van der Waals surface area contributed by atoms with Crippen molar-refractivity contribution in [2.75, 3.05) is 13.1 Å². The van der Waals surface area contributed by atoms with E-state index < -0.39 is 48.4 Å². The van der Waals surface area contributed by atoms with E-state index in [1.165, 1.54) is 0 Å². The number of carboxylic acids is 1. The van der Waals surface area contributed by atoms with E-state index in [2.05, 4.69) is 16.0 Å². The summed E-state index contributed by atoms with van der Waals surface area (Å²) in [7, 11) is 0. The van der Waals surface area contributed by atoms with Crippen LogP contribution in [0.1, 0.15) is 45.1 Å². The van der Waals surface area contributed by atoms with Crippen LogP contribution >= 0.6 is 0 Å². The number of hydrogen-bond acceptors (Lipinski definition) is 6. The minimum Gasteiger partial charge on any atom is -0.480 e. The summed E-state index contributed by atoms with van der Waals surface area (Å²) in [6, 6.07) is 6.63. The predicted octanol–water partition coefficient (Wildman–Crippen LogP) is -0.0981. The molecule has 3 amide bonds. The number of amides is 3. The topological polar surface area (TPSA) is 177 Å². The number of rotatable bonds is 15. The van der Waals surface area contributed by atoms with Crippen molar-refractivity contribution < 1.29 is 24.3 Å². The van der Waals surface area contributed by atoms with Gasteiger partial charge in [-0.2, -0.15) is 0 Å². The fourth-order valence-electron chi connectivity index (χ4n) is 3.23. The first-order chi connectivity index (χ1) is 15.7. The third-order valence-electron chi connectivity index (χ3n) is 5.42. The van der Waals surface area contributed by atoms with Crippen LogP contribution in [0.3, 0.4) is 0 Å². The Hall–Kier alpha value is -2.98. The van der Waals surface area contributed by atoms with Gasteiger partial charge in [-0.1, -0.05) is 50.6 Å². The maximum absolute atomic E-state index is 13.0. The first-order valence-electron chi connectivity index (χ1n) is 11.3. The van der Waals surface area contributed by atoms with Crippen molar-refractivity contribution >= 4 is 23.7 Å². The normalized spacial score (nSPS) is 14.4. The molecule has 0 saturated carbocycles.